The minimum absolute atomic E-state index is 0.123. The topological polar surface area (TPSA) is 43.4 Å². The second kappa shape index (κ2) is 6.18. The minimum atomic E-state index is -0.488. The Morgan fingerprint density at radius 2 is 1.76 bits per heavy atom. The number of halogens is 1. The SMILES string of the molecule is O=C1CC(c2ccc(C3CCCCCC3)c(Cl)c2)C(=O)O1. The zero-order valence-corrected chi connectivity index (χ0v) is 12.7. The molecular formula is C17H19ClO3. The van der Waals surface area contributed by atoms with E-state index in [1.165, 1.54) is 44.1 Å². The first-order valence-electron chi connectivity index (χ1n) is 7.69. The van der Waals surface area contributed by atoms with Crippen molar-refractivity contribution >= 4 is 23.5 Å². The average molecular weight is 307 g/mol. The van der Waals surface area contributed by atoms with Crippen molar-refractivity contribution in [1.29, 1.82) is 0 Å². The second-order valence-electron chi connectivity index (χ2n) is 6.02. The summed E-state index contributed by atoms with van der Waals surface area (Å²) in [5.74, 6) is -0.878. The third-order valence-electron chi connectivity index (χ3n) is 4.59. The molecule has 1 unspecified atom stereocenters. The van der Waals surface area contributed by atoms with Gasteiger partial charge in [0.25, 0.3) is 0 Å². The Balaban J connectivity index is 1.82. The molecule has 1 atom stereocenters. The third kappa shape index (κ3) is 3.13. The summed E-state index contributed by atoms with van der Waals surface area (Å²) in [5, 5.41) is 0.714. The summed E-state index contributed by atoms with van der Waals surface area (Å²) in [6, 6.07) is 5.80. The molecule has 0 aromatic heterocycles. The van der Waals surface area contributed by atoms with Crippen LogP contribution >= 0.6 is 11.6 Å². The number of hydrogen-bond acceptors (Lipinski definition) is 3. The molecule has 3 nitrogen and oxygen atoms in total. The predicted octanol–water partition coefficient (Wildman–Crippen LogP) is 4.33. The van der Waals surface area contributed by atoms with Crippen molar-refractivity contribution in [3.05, 3.63) is 34.3 Å². The van der Waals surface area contributed by atoms with E-state index in [0.29, 0.717) is 10.9 Å². The normalized spacial score (nSPS) is 24.0. The van der Waals surface area contributed by atoms with Gasteiger partial charge in [-0.3, -0.25) is 9.59 Å². The van der Waals surface area contributed by atoms with Crippen LogP contribution in [0.25, 0.3) is 0 Å². The third-order valence-corrected chi connectivity index (χ3v) is 4.92. The molecule has 1 saturated carbocycles. The van der Waals surface area contributed by atoms with Crippen molar-refractivity contribution in [3.8, 4) is 0 Å². The summed E-state index contributed by atoms with van der Waals surface area (Å²) in [5.41, 5.74) is 1.97. The molecule has 21 heavy (non-hydrogen) atoms. The summed E-state index contributed by atoms with van der Waals surface area (Å²) in [7, 11) is 0. The van der Waals surface area contributed by atoms with E-state index in [1.54, 1.807) is 0 Å². The molecule has 2 aliphatic rings. The van der Waals surface area contributed by atoms with Gasteiger partial charge in [0.1, 0.15) is 0 Å². The van der Waals surface area contributed by atoms with Crippen LogP contribution in [-0.2, 0) is 14.3 Å². The maximum atomic E-state index is 11.6. The summed E-state index contributed by atoms with van der Waals surface area (Å²) in [6.45, 7) is 0. The van der Waals surface area contributed by atoms with E-state index < -0.39 is 17.9 Å². The fourth-order valence-corrected chi connectivity index (χ4v) is 3.75. The first kappa shape index (κ1) is 14.6. The fourth-order valence-electron chi connectivity index (χ4n) is 3.41. The highest BCUT2D eigenvalue weighted by Crippen LogP contribution is 2.37. The van der Waals surface area contributed by atoms with E-state index in [2.05, 4.69) is 4.74 Å². The van der Waals surface area contributed by atoms with Crippen LogP contribution in [0, 0.1) is 0 Å². The number of rotatable bonds is 2. The van der Waals surface area contributed by atoms with Gasteiger partial charge in [-0.15, -0.1) is 0 Å². The first-order valence-corrected chi connectivity index (χ1v) is 8.07. The summed E-state index contributed by atoms with van der Waals surface area (Å²) in [4.78, 5) is 22.8. The van der Waals surface area contributed by atoms with Crippen LogP contribution in [0.15, 0.2) is 18.2 Å². The van der Waals surface area contributed by atoms with E-state index in [4.69, 9.17) is 11.6 Å². The van der Waals surface area contributed by atoms with Gasteiger partial charge in [-0.05, 0) is 36.0 Å². The van der Waals surface area contributed by atoms with Crippen LogP contribution in [0.1, 0.15) is 67.9 Å². The maximum Gasteiger partial charge on any atom is 0.321 e. The molecule has 0 radical (unpaired) electrons. The molecule has 1 saturated heterocycles. The summed E-state index contributed by atoms with van der Waals surface area (Å²) < 4.78 is 4.61. The molecule has 3 rings (SSSR count). The van der Waals surface area contributed by atoms with Crippen molar-refractivity contribution in [1.82, 2.24) is 0 Å². The Morgan fingerprint density at radius 1 is 1.05 bits per heavy atom. The fraction of sp³-hybridized carbons (Fsp3) is 0.529. The van der Waals surface area contributed by atoms with Crippen LogP contribution in [0.5, 0.6) is 0 Å². The van der Waals surface area contributed by atoms with Crippen LogP contribution in [0.4, 0.5) is 0 Å². The largest absolute Gasteiger partial charge is 0.393 e. The summed E-state index contributed by atoms with van der Waals surface area (Å²) >= 11 is 6.44. The quantitative estimate of drug-likeness (QED) is 0.464. The number of carbonyl (C=O) groups excluding carboxylic acids is 2. The van der Waals surface area contributed by atoms with E-state index in [1.807, 2.05) is 18.2 Å². The van der Waals surface area contributed by atoms with E-state index in [-0.39, 0.29) is 6.42 Å². The Morgan fingerprint density at radius 3 is 2.33 bits per heavy atom. The lowest BCUT2D eigenvalue weighted by atomic mass is 9.89. The van der Waals surface area contributed by atoms with E-state index in [9.17, 15) is 9.59 Å². The predicted molar refractivity (Wildman–Crippen MR) is 80.4 cm³/mol. The van der Waals surface area contributed by atoms with Gasteiger partial charge in [0.05, 0.1) is 12.3 Å². The lowest BCUT2D eigenvalue weighted by Gasteiger charge is -2.17. The highest BCUT2D eigenvalue weighted by Gasteiger charge is 2.35. The maximum absolute atomic E-state index is 11.6. The van der Waals surface area contributed by atoms with Gasteiger partial charge in [0.2, 0.25) is 0 Å². The van der Waals surface area contributed by atoms with Gasteiger partial charge in [-0.1, -0.05) is 49.4 Å². The number of esters is 2. The zero-order chi connectivity index (χ0) is 14.8. The molecule has 1 aromatic rings. The number of benzene rings is 1. The molecule has 112 valence electrons. The Labute approximate surface area is 129 Å². The molecule has 1 aromatic carbocycles. The number of carbonyl (C=O) groups is 2. The van der Waals surface area contributed by atoms with Gasteiger partial charge in [0, 0.05) is 5.02 Å². The highest BCUT2D eigenvalue weighted by molar-refractivity contribution is 6.31. The van der Waals surface area contributed by atoms with Crippen LogP contribution in [0.3, 0.4) is 0 Å². The minimum Gasteiger partial charge on any atom is -0.393 e. The first-order chi connectivity index (χ1) is 10.1. The highest BCUT2D eigenvalue weighted by atomic mass is 35.5. The van der Waals surface area contributed by atoms with Crippen LogP contribution in [-0.4, -0.2) is 11.9 Å². The molecular weight excluding hydrogens is 288 g/mol. The van der Waals surface area contributed by atoms with Crippen molar-refractivity contribution in [2.75, 3.05) is 0 Å². The number of ether oxygens (including phenoxy) is 1. The molecule has 4 heteroatoms. The van der Waals surface area contributed by atoms with Gasteiger partial charge in [-0.25, -0.2) is 0 Å². The van der Waals surface area contributed by atoms with Crippen molar-refractivity contribution in [2.45, 2.75) is 56.8 Å². The van der Waals surface area contributed by atoms with Crippen molar-refractivity contribution in [2.24, 2.45) is 0 Å². The molecule has 0 N–H and O–H groups in total. The van der Waals surface area contributed by atoms with Crippen molar-refractivity contribution < 1.29 is 14.3 Å². The summed E-state index contributed by atoms with van der Waals surface area (Å²) in [6.07, 6.45) is 7.62. The zero-order valence-electron chi connectivity index (χ0n) is 11.9. The van der Waals surface area contributed by atoms with Crippen molar-refractivity contribution in [3.63, 3.8) is 0 Å². The number of cyclic esters (lactones) is 2. The average Bonchev–Trinajstić information content (AvgIpc) is 2.67. The van der Waals surface area contributed by atoms with Crippen LogP contribution in [0.2, 0.25) is 5.02 Å². The lowest BCUT2D eigenvalue weighted by molar-refractivity contribution is -0.152. The second-order valence-corrected chi connectivity index (χ2v) is 6.43. The van der Waals surface area contributed by atoms with Gasteiger partial charge < -0.3 is 4.74 Å². The Hall–Kier alpha value is -1.35. The Bertz CT molecular complexity index is 559. The molecule has 0 bridgehead atoms. The molecule has 2 fully saturated rings. The van der Waals surface area contributed by atoms with E-state index >= 15 is 0 Å². The smallest absolute Gasteiger partial charge is 0.321 e. The van der Waals surface area contributed by atoms with Gasteiger partial charge in [0.15, 0.2) is 0 Å². The van der Waals surface area contributed by atoms with Gasteiger partial charge in [-0.2, -0.15) is 0 Å². The van der Waals surface area contributed by atoms with Crippen LogP contribution < -0.4 is 0 Å². The lowest BCUT2D eigenvalue weighted by Crippen LogP contribution is -2.06. The molecule has 1 heterocycles. The molecule has 0 amide bonds. The number of hydrogen-bond donors (Lipinski definition) is 0. The van der Waals surface area contributed by atoms with Gasteiger partial charge >= 0.3 is 11.9 Å². The van der Waals surface area contributed by atoms with E-state index in [0.717, 1.165) is 5.56 Å². The molecule has 1 aliphatic carbocycles. The Kier molecular flexibility index (Phi) is 4.29. The standard InChI is InChI=1S/C17H19ClO3/c18-15-9-12(14-10-16(19)21-17(14)20)7-8-13(15)11-5-3-1-2-4-6-11/h7-9,11,14H,1-6,10H2. The monoisotopic (exact) mass is 306 g/mol. The molecule has 1 aliphatic heterocycles. The molecule has 0 spiro atoms.